The molecule has 3 heteroatoms. The van der Waals surface area contributed by atoms with Gasteiger partial charge in [-0.25, -0.2) is 0 Å². The summed E-state index contributed by atoms with van der Waals surface area (Å²) in [5.74, 6) is 0.446. The Morgan fingerprint density at radius 3 is 2.53 bits per heavy atom. The Hall–Kier alpha value is -0.410. The zero-order valence-corrected chi connectivity index (χ0v) is 9.91. The molecule has 0 aromatic rings. The predicted molar refractivity (Wildman–Crippen MR) is 60.8 cm³/mol. The van der Waals surface area contributed by atoms with Crippen LogP contribution in [0.2, 0.25) is 0 Å². The van der Waals surface area contributed by atoms with Crippen molar-refractivity contribution in [3.63, 3.8) is 0 Å². The second kappa shape index (κ2) is 6.23. The second-order valence-corrected chi connectivity index (χ2v) is 4.75. The average molecular weight is 213 g/mol. The van der Waals surface area contributed by atoms with Gasteiger partial charge in [-0.1, -0.05) is 20.3 Å². The molecule has 1 saturated carbocycles. The predicted octanol–water partition coefficient (Wildman–Crippen LogP) is 1.45. The molecule has 3 nitrogen and oxygen atoms in total. The molecule has 0 aromatic carbocycles. The van der Waals surface area contributed by atoms with Crippen molar-refractivity contribution < 1.29 is 9.90 Å². The van der Waals surface area contributed by atoms with E-state index in [1.165, 1.54) is 19.3 Å². The molecule has 0 spiro atoms. The van der Waals surface area contributed by atoms with Gasteiger partial charge in [0, 0.05) is 25.1 Å². The molecule has 1 N–H and O–H groups in total. The van der Waals surface area contributed by atoms with Crippen LogP contribution in [0.25, 0.3) is 0 Å². The summed E-state index contributed by atoms with van der Waals surface area (Å²) in [7, 11) is 0. The smallest absolute Gasteiger partial charge is 0.149 e. The maximum Gasteiger partial charge on any atom is 0.149 e. The summed E-state index contributed by atoms with van der Waals surface area (Å²) in [4.78, 5) is 13.9. The fourth-order valence-electron chi connectivity index (χ4n) is 1.80. The fraction of sp³-hybridized carbons (Fsp3) is 0.917. The van der Waals surface area contributed by atoms with Crippen molar-refractivity contribution in [3.8, 4) is 0 Å². The number of aliphatic hydroxyl groups is 1. The average Bonchev–Trinajstić information content (AvgIpc) is 2.10. The molecule has 1 aliphatic rings. The third-order valence-corrected chi connectivity index (χ3v) is 3.20. The first-order chi connectivity index (χ1) is 7.15. The van der Waals surface area contributed by atoms with E-state index in [-0.39, 0.29) is 12.5 Å². The van der Waals surface area contributed by atoms with Gasteiger partial charge in [0.2, 0.25) is 0 Å². The third-order valence-electron chi connectivity index (χ3n) is 3.20. The Labute approximate surface area is 92.5 Å². The van der Waals surface area contributed by atoms with E-state index < -0.39 is 0 Å². The van der Waals surface area contributed by atoms with Gasteiger partial charge in [-0.15, -0.1) is 0 Å². The van der Waals surface area contributed by atoms with Crippen molar-refractivity contribution in [2.24, 2.45) is 5.92 Å². The highest BCUT2D eigenvalue weighted by Crippen LogP contribution is 2.24. The summed E-state index contributed by atoms with van der Waals surface area (Å²) in [5.41, 5.74) is 0. The van der Waals surface area contributed by atoms with Crippen LogP contribution in [0.5, 0.6) is 0 Å². The van der Waals surface area contributed by atoms with Gasteiger partial charge in [0.15, 0.2) is 0 Å². The fourth-order valence-corrected chi connectivity index (χ4v) is 1.80. The van der Waals surface area contributed by atoms with Gasteiger partial charge >= 0.3 is 0 Å². The number of ketones is 1. The van der Waals surface area contributed by atoms with Crippen LogP contribution in [0, 0.1) is 5.92 Å². The van der Waals surface area contributed by atoms with E-state index in [4.69, 9.17) is 5.11 Å². The first-order valence-corrected chi connectivity index (χ1v) is 6.02. The number of aliphatic hydroxyl groups excluding tert-OH is 1. The summed E-state index contributed by atoms with van der Waals surface area (Å²) in [6.07, 6.45) is 4.51. The summed E-state index contributed by atoms with van der Waals surface area (Å²) in [5, 5.41) is 8.82. The molecular weight excluding hydrogens is 190 g/mol. The highest BCUT2D eigenvalue weighted by molar-refractivity contribution is 5.82. The second-order valence-electron chi connectivity index (χ2n) is 4.75. The minimum Gasteiger partial charge on any atom is -0.396 e. The van der Waals surface area contributed by atoms with Gasteiger partial charge in [-0.2, -0.15) is 0 Å². The number of carbonyl (C=O) groups is 1. The summed E-state index contributed by atoms with van der Waals surface area (Å²) in [6.45, 7) is 5.56. The van der Waals surface area contributed by atoms with Crippen molar-refractivity contribution in [2.75, 3.05) is 19.7 Å². The number of hydrogen-bond acceptors (Lipinski definition) is 3. The van der Waals surface area contributed by atoms with E-state index in [0.717, 1.165) is 13.0 Å². The lowest BCUT2D eigenvalue weighted by Crippen LogP contribution is -2.44. The third kappa shape index (κ3) is 3.92. The molecular formula is C12H23NO2. The van der Waals surface area contributed by atoms with E-state index in [1.54, 1.807) is 0 Å². The van der Waals surface area contributed by atoms with Crippen LogP contribution in [0.4, 0.5) is 0 Å². The maximum atomic E-state index is 11.7. The molecule has 1 rings (SSSR count). The molecule has 0 atom stereocenters. The van der Waals surface area contributed by atoms with Gasteiger partial charge in [-0.3, -0.25) is 9.69 Å². The number of carbonyl (C=O) groups excluding carboxylic acids is 1. The minimum absolute atomic E-state index is 0.127. The number of rotatable bonds is 7. The Morgan fingerprint density at radius 1 is 1.47 bits per heavy atom. The molecule has 0 amide bonds. The van der Waals surface area contributed by atoms with Gasteiger partial charge in [-0.05, 0) is 19.3 Å². The molecule has 0 aromatic heterocycles. The lowest BCUT2D eigenvalue weighted by atomic mass is 9.90. The number of hydrogen-bond donors (Lipinski definition) is 1. The highest BCUT2D eigenvalue weighted by atomic mass is 16.3. The summed E-state index contributed by atoms with van der Waals surface area (Å²) >= 11 is 0. The molecule has 0 radical (unpaired) electrons. The minimum atomic E-state index is 0.127. The van der Waals surface area contributed by atoms with Crippen molar-refractivity contribution in [1.29, 1.82) is 0 Å². The first kappa shape index (κ1) is 12.7. The molecule has 0 bridgehead atoms. The number of nitrogens with zero attached hydrogens (tertiary/aromatic N) is 1. The van der Waals surface area contributed by atoms with Gasteiger partial charge in [0.1, 0.15) is 5.78 Å². The lowest BCUT2D eigenvalue weighted by Gasteiger charge is -2.37. The van der Waals surface area contributed by atoms with Crippen LogP contribution < -0.4 is 0 Å². The van der Waals surface area contributed by atoms with Crippen LogP contribution in [-0.4, -0.2) is 41.5 Å². The summed E-state index contributed by atoms with van der Waals surface area (Å²) in [6, 6.07) is 0.597. The van der Waals surface area contributed by atoms with Crippen molar-refractivity contribution in [1.82, 2.24) is 4.90 Å². The zero-order valence-electron chi connectivity index (χ0n) is 9.91. The van der Waals surface area contributed by atoms with Crippen molar-refractivity contribution >= 4 is 5.78 Å². The van der Waals surface area contributed by atoms with Crippen LogP contribution in [0.1, 0.15) is 39.5 Å². The van der Waals surface area contributed by atoms with Crippen LogP contribution in [0.15, 0.2) is 0 Å². The molecule has 0 heterocycles. The topological polar surface area (TPSA) is 40.5 Å². The largest absolute Gasteiger partial charge is 0.396 e. The van der Waals surface area contributed by atoms with E-state index in [9.17, 15) is 4.79 Å². The van der Waals surface area contributed by atoms with Crippen LogP contribution >= 0.6 is 0 Å². The molecule has 15 heavy (non-hydrogen) atoms. The summed E-state index contributed by atoms with van der Waals surface area (Å²) < 4.78 is 0. The monoisotopic (exact) mass is 213 g/mol. The van der Waals surface area contributed by atoms with E-state index >= 15 is 0 Å². The molecule has 0 aliphatic heterocycles. The quantitative estimate of drug-likeness (QED) is 0.696. The van der Waals surface area contributed by atoms with E-state index in [0.29, 0.717) is 18.4 Å². The van der Waals surface area contributed by atoms with E-state index in [2.05, 4.69) is 4.90 Å². The van der Waals surface area contributed by atoms with Crippen molar-refractivity contribution in [3.05, 3.63) is 0 Å². The molecule has 0 saturated heterocycles. The Morgan fingerprint density at radius 2 is 2.13 bits per heavy atom. The maximum absolute atomic E-state index is 11.7. The Kier molecular flexibility index (Phi) is 5.26. The van der Waals surface area contributed by atoms with Crippen LogP contribution in [0.3, 0.4) is 0 Å². The molecule has 1 fully saturated rings. The van der Waals surface area contributed by atoms with Crippen molar-refractivity contribution in [2.45, 2.75) is 45.6 Å². The zero-order chi connectivity index (χ0) is 11.3. The van der Waals surface area contributed by atoms with Crippen LogP contribution in [-0.2, 0) is 4.79 Å². The molecule has 1 aliphatic carbocycles. The molecule has 0 unspecified atom stereocenters. The SMILES string of the molecule is CC(C)C(=O)CN(CCCO)C1CCC1. The van der Waals surface area contributed by atoms with E-state index in [1.807, 2.05) is 13.8 Å². The Bertz CT molecular complexity index is 200. The number of Topliss-reactive ketones (excluding diaryl/α,β-unsaturated/α-hetero) is 1. The van der Waals surface area contributed by atoms with Gasteiger partial charge < -0.3 is 5.11 Å². The van der Waals surface area contributed by atoms with Gasteiger partial charge in [0.25, 0.3) is 0 Å². The lowest BCUT2D eigenvalue weighted by molar-refractivity contribution is -0.124. The molecule has 88 valence electrons. The highest BCUT2D eigenvalue weighted by Gasteiger charge is 2.26. The Balaban J connectivity index is 2.37. The standard InChI is InChI=1S/C12H23NO2/c1-10(2)12(15)9-13(7-4-8-14)11-5-3-6-11/h10-11,14H,3-9H2,1-2H3. The van der Waals surface area contributed by atoms with Gasteiger partial charge in [0.05, 0.1) is 6.54 Å². The normalized spacial score (nSPS) is 17.1. The first-order valence-electron chi connectivity index (χ1n) is 6.02.